The molecule has 0 atom stereocenters. The average molecular weight is 645 g/mol. The largest absolute Gasteiger partial charge is 2.00 e. The molecule has 0 spiro atoms. The van der Waals surface area contributed by atoms with Gasteiger partial charge in [0.15, 0.2) is 0 Å². The second kappa shape index (κ2) is 37.8. The van der Waals surface area contributed by atoms with E-state index in [1.807, 2.05) is 0 Å². The van der Waals surface area contributed by atoms with Crippen LogP contribution in [-0.4, -0.2) is 0 Å². The average Bonchev–Trinajstić information content (AvgIpc) is 3.19. The monoisotopic (exact) mass is 646 g/mol. The fraction of sp³-hybridized carbons (Fsp3) is 0.871. The Morgan fingerprint density at radius 2 is 0.758 bits per heavy atom. The van der Waals surface area contributed by atoms with Gasteiger partial charge in [-0.1, -0.05) is 127 Å². The van der Waals surface area contributed by atoms with Crippen molar-refractivity contribution in [1.82, 2.24) is 0 Å². The maximum Gasteiger partial charge on any atom is 2.00 e. The van der Waals surface area contributed by atoms with Crippen molar-refractivity contribution in [1.29, 1.82) is 0 Å². The Balaban J connectivity index is -0.0000000397. The molecule has 0 saturated heterocycles. The summed E-state index contributed by atoms with van der Waals surface area (Å²) in [6.07, 6.45) is 16.1. The first kappa shape index (κ1) is 54.9. The van der Waals surface area contributed by atoms with Crippen LogP contribution in [0.25, 0.3) is 0 Å². The van der Waals surface area contributed by atoms with E-state index in [2.05, 4.69) is 69.2 Å². The molecule has 0 aliphatic heterocycles. The van der Waals surface area contributed by atoms with E-state index in [9.17, 15) is 0 Å². The van der Waals surface area contributed by atoms with Crippen LogP contribution in [-0.2, 0) is 39.0 Å². The third-order valence-electron chi connectivity index (χ3n) is 5.58. The second-order valence-electron chi connectivity index (χ2n) is 11.0. The Bertz CT molecular complexity index is 247. The van der Waals surface area contributed by atoms with Crippen molar-refractivity contribution in [2.24, 2.45) is 35.5 Å². The normalized spacial score (nSPS) is 14.4. The molecule has 2 fully saturated rings. The van der Waals surface area contributed by atoms with Gasteiger partial charge < -0.3 is 29.7 Å². The van der Waals surface area contributed by atoms with E-state index in [1.54, 1.807) is 0 Å². The SMILES string of the molecule is CC(C)CC(C)C.CC(C)CC(C)C.CC1CCCC1.CCC1CCCC1.[CH3-].[CH3-].[CH3-].[CH3-].[Ru+2].[Ru+2]. The first-order valence-corrected chi connectivity index (χ1v) is 12.6. The summed E-state index contributed by atoms with van der Waals surface area (Å²) in [7, 11) is 0. The predicted octanol–water partition coefficient (Wildman–Crippen LogP) is 12.0. The minimum atomic E-state index is 0. The Hall–Kier alpha value is 1.25. The molecular weight excluding hydrogens is 574 g/mol. The van der Waals surface area contributed by atoms with E-state index < -0.39 is 0 Å². The molecule has 0 bridgehead atoms. The second-order valence-corrected chi connectivity index (χ2v) is 11.0. The summed E-state index contributed by atoms with van der Waals surface area (Å²) < 4.78 is 0. The molecule has 33 heavy (non-hydrogen) atoms. The number of hydrogen-bond donors (Lipinski definition) is 0. The Kier molecular flexibility index (Phi) is 62.9. The molecule has 0 aromatic heterocycles. The maximum absolute atomic E-state index is 2.34. The fourth-order valence-corrected chi connectivity index (χ4v) is 4.43. The third-order valence-corrected chi connectivity index (χ3v) is 5.58. The first-order valence-electron chi connectivity index (χ1n) is 12.6. The quantitative estimate of drug-likeness (QED) is 0.206. The molecule has 0 aromatic rings. The molecule has 0 nitrogen and oxygen atoms in total. The van der Waals surface area contributed by atoms with Crippen molar-refractivity contribution < 1.29 is 39.0 Å². The van der Waals surface area contributed by atoms with Gasteiger partial charge in [0, 0.05) is 0 Å². The molecule has 2 heteroatoms. The maximum atomic E-state index is 2.34. The van der Waals surface area contributed by atoms with Crippen LogP contribution in [0, 0.1) is 65.2 Å². The summed E-state index contributed by atoms with van der Waals surface area (Å²) in [5.41, 5.74) is 0. The van der Waals surface area contributed by atoms with Crippen molar-refractivity contribution in [2.75, 3.05) is 0 Å². The summed E-state index contributed by atoms with van der Waals surface area (Å²) in [6, 6.07) is 0. The van der Waals surface area contributed by atoms with Gasteiger partial charge in [-0.2, -0.15) is 0 Å². The molecular formula is C31H70Ru2. The molecule has 210 valence electrons. The van der Waals surface area contributed by atoms with Gasteiger partial charge in [0.25, 0.3) is 0 Å². The van der Waals surface area contributed by atoms with Crippen LogP contribution < -0.4 is 0 Å². The zero-order valence-corrected chi connectivity index (χ0v) is 29.4. The van der Waals surface area contributed by atoms with Gasteiger partial charge in [-0.3, -0.25) is 0 Å². The molecule has 0 radical (unpaired) electrons. The molecule has 2 aliphatic carbocycles. The first-order chi connectivity index (χ1) is 12.6. The van der Waals surface area contributed by atoms with Crippen LogP contribution in [0.4, 0.5) is 0 Å². The third kappa shape index (κ3) is 50.9. The van der Waals surface area contributed by atoms with Gasteiger partial charge in [0.1, 0.15) is 0 Å². The Morgan fingerprint density at radius 3 is 0.848 bits per heavy atom. The number of rotatable bonds is 5. The molecule has 2 saturated carbocycles. The Labute approximate surface area is 242 Å². The predicted molar refractivity (Wildman–Crippen MR) is 154 cm³/mol. The van der Waals surface area contributed by atoms with Gasteiger partial charge in [-0.25, -0.2) is 0 Å². The van der Waals surface area contributed by atoms with Crippen LogP contribution >= 0.6 is 0 Å². The van der Waals surface area contributed by atoms with Crippen LogP contribution in [0.2, 0.25) is 0 Å². The van der Waals surface area contributed by atoms with E-state index >= 15 is 0 Å². The molecule has 0 N–H and O–H groups in total. The minimum absolute atomic E-state index is 0. The zero-order chi connectivity index (χ0) is 21.2. The van der Waals surface area contributed by atoms with Crippen molar-refractivity contribution in [2.45, 2.75) is 140 Å². The Morgan fingerprint density at radius 1 is 0.515 bits per heavy atom. The molecule has 2 rings (SSSR count). The van der Waals surface area contributed by atoms with E-state index in [0.29, 0.717) is 0 Å². The molecule has 2 aliphatic rings. The van der Waals surface area contributed by atoms with Crippen LogP contribution in [0.3, 0.4) is 0 Å². The zero-order valence-electron chi connectivity index (χ0n) is 25.9. The van der Waals surface area contributed by atoms with E-state index in [4.69, 9.17) is 0 Å². The van der Waals surface area contributed by atoms with Gasteiger partial charge in [0.05, 0.1) is 0 Å². The molecule has 0 unspecified atom stereocenters. The van der Waals surface area contributed by atoms with Crippen molar-refractivity contribution in [3.63, 3.8) is 0 Å². The summed E-state index contributed by atoms with van der Waals surface area (Å²) in [6.45, 7) is 22.8. The van der Waals surface area contributed by atoms with Crippen molar-refractivity contribution in [3.8, 4) is 0 Å². The molecule has 0 amide bonds. The fourth-order valence-electron chi connectivity index (χ4n) is 4.43. The van der Waals surface area contributed by atoms with Crippen LogP contribution in [0.5, 0.6) is 0 Å². The summed E-state index contributed by atoms with van der Waals surface area (Å²) in [4.78, 5) is 0. The van der Waals surface area contributed by atoms with Gasteiger partial charge in [-0.15, -0.1) is 0 Å². The van der Waals surface area contributed by atoms with Crippen LogP contribution in [0.15, 0.2) is 0 Å². The standard InChI is InChI=1S/C7H14.2C7H16.C6H12.4CH3.2Ru/c1-2-7-5-3-4-6-7;2*1-6(2)5-7(3)4;1-6-4-2-3-5-6;;;;;;/h7H,2-6H2,1H3;2*6-7H,5H2,1-4H3;6H,2-5H2,1H3;4*1H3;;/q;;;;4*-1;2*+2. The topological polar surface area (TPSA) is 0 Å². The number of hydrogen-bond acceptors (Lipinski definition) is 0. The van der Waals surface area contributed by atoms with E-state index in [0.717, 1.165) is 35.5 Å². The molecule has 0 aromatic carbocycles. The molecule has 0 heterocycles. The van der Waals surface area contributed by atoms with E-state index in [1.165, 1.54) is 70.6 Å². The van der Waals surface area contributed by atoms with E-state index in [-0.39, 0.29) is 68.7 Å². The minimum Gasteiger partial charge on any atom is -0.358 e. The summed E-state index contributed by atoms with van der Waals surface area (Å²) in [5, 5.41) is 0. The van der Waals surface area contributed by atoms with Gasteiger partial charge >= 0.3 is 39.0 Å². The van der Waals surface area contributed by atoms with Gasteiger partial charge in [0.2, 0.25) is 0 Å². The van der Waals surface area contributed by atoms with Crippen molar-refractivity contribution >= 4 is 0 Å². The van der Waals surface area contributed by atoms with Gasteiger partial charge in [-0.05, 0) is 48.3 Å². The summed E-state index contributed by atoms with van der Waals surface area (Å²) in [5.74, 6) is 5.64. The smallest absolute Gasteiger partial charge is 0.358 e. The van der Waals surface area contributed by atoms with Crippen molar-refractivity contribution in [3.05, 3.63) is 29.7 Å². The van der Waals surface area contributed by atoms with Crippen LogP contribution in [0.1, 0.15) is 140 Å². The summed E-state index contributed by atoms with van der Waals surface area (Å²) >= 11 is 0.